The van der Waals surface area contributed by atoms with Gasteiger partial charge in [-0.1, -0.05) is 43.2 Å². The minimum atomic E-state index is -0.208. The first kappa shape index (κ1) is 12.0. The van der Waals surface area contributed by atoms with Crippen molar-refractivity contribution in [3.05, 3.63) is 35.9 Å². The Hall–Kier alpha value is -1.51. The third kappa shape index (κ3) is 3.22. The molecule has 3 nitrogen and oxygen atoms in total. The molecule has 0 saturated heterocycles. The molecule has 1 amide bonds. The van der Waals surface area contributed by atoms with Gasteiger partial charge in [-0.15, -0.1) is 0 Å². The largest absolute Gasteiger partial charge is 0.445 e. The van der Waals surface area contributed by atoms with Crippen LogP contribution in [0.4, 0.5) is 4.79 Å². The highest BCUT2D eigenvalue weighted by molar-refractivity contribution is 5.67. The minimum Gasteiger partial charge on any atom is -0.445 e. The monoisotopic (exact) mass is 233 g/mol. The van der Waals surface area contributed by atoms with Crippen molar-refractivity contribution in [3.63, 3.8) is 0 Å². The Kier molecular flexibility index (Phi) is 4.02. The van der Waals surface area contributed by atoms with Crippen LogP contribution < -0.4 is 0 Å². The van der Waals surface area contributed by atoms with Crippen molar-refractivity contribution in [2.75, 3.05) is 7.05 Å². The topological polar surface area (TPSA) is 29.5 Å². The average Bonchev–Trinajstić information content (AvgIpc) is 2.90. The quantitative estimate of drug-likeness (QED) is 0.802. The molecular weight excluding hydrogens is 214 g/mol. The van der Waals surface area contributed by atoms with E-state index in [9.17, 15) is 4.79 Å². The summed E-state index contributed by atoms with van der Waals surface area (Å²) < 4.78 is 5.29. The van der Waals surface area contributed by atoms with Crippen molar-refractivity contribution >= 4 is 6.09 Å². The number of carbonyl (C=O) groups is 1. The van der Waals surface area contributed by atoms with Crippen LogP contribution in [0.2, 0.25) is 0 Å². The molecule has 0 radical (unpaired) electrons. The normalized spacial score (nSPS) is 15.8. The molecule has 2 rings (SSSR count). The van der Waals surface area contributed by atoms with Crippen molar-refractivity contribution in [1.29, 1.82) is 0 Å². The Labute approximate surface area is 102 Å². The molecule has 0 N–H and O–H groups in total. The Morgan fingerprint density at radius 1 is 1.29 bits per heavy atom. The molecule has 0 bridgehead atoms. The van der Waals surface area contributed by atoms with Gasteiger partial charge in [0.05, 0.1) is 0 Å². The molecule has 3 heteroatoms. The van der Waals surface area contributed by atoms with Gasteiger partial charge in [-0.2, -0.15) is 0 Å². The van der Waals surface area contributed by atoms with Crippen LogP contribution in [0.5, 0.6) is 0 Å². The summed E-state index contributed by atoms with van der Waals surface area (Å²) >= 11 is 0. The summed E-state index contributed by atoms with van der Waals surface area (Å²) in [6.45, 7) is 0.358. The highest BCUT2D eigenvalue weighted by atomic mass is 16.6. The fourth-order valence-corrected chi connectivity index (χ4v) is 2.26. The average molecular weight is 233 g/mol. The summed E-state index contributed by atoms with van der Waals surface area (Å²) in [7, 11) is 1.84. The standard InChI is InChI=1S/C14H19NO2/c1-15(13-9-5-6-10-13)14(16)17-11-12-7-3-2-4-8-12/h2-4,7-8,13H,5-6,9-11H2,1H3. The van der Waals surface area contributed by atoms with Gasteiger partial charge in [0.15, 0.2) is 0 Å². The van der Waals surface area contributed by atoms with Crippen LogP contribution in [0.25, 0.3) is 0 Å². The fraction of sp³-hybridized carbons (Fsp3) is 0.500. The SMILES string of the molecule is CN(C(=O)OCc1ccccc1)C1CCCC1. The number of hydrogen-bond acceptors (Lipinski definition) is 2. The van der Waals surface area contributed by atoms with E-state index < -0.39 is 0 Å². The number of benzene rings is 1. The summed E-state index contributed by atoms with van der Waals surface area (Å²) in [5, 5.41) is 0. The van der Waals surface area contributed by atoms with Crippen LogP contribution in [0.1, 0.15) is 31.2 Å². The van der Waals surface area contributed by atoms with E-state index in [2.05, 4.69) is 0 Å². The van der Waals surface area contributed by atoms with Gasteiger partial charge in [-0.3, -0.25) is 0 Å². The second kappa shape index (κ2) is 5.71. The van der Waals surface area contributed by atoms with Gasteiger partial charge in [0, 0.05) is 13.1 Å². The summed E-state index contributed by atoms with van der Waals surface area (Å²) in [5.74, 6) is 0. The van der Waals surface area contributed by atoms with Crippen LogP contribution in [0.15, 0.2) is 30.3 Å². The Bertz CT molecular complexity index is 358. The van der Waals surface area contributed by atoms with Gasteiger partial charge in [0.2, 0.25) is 0 Å². The number of nitrogens with zero attached hydrogens (tertiary/aromatic N) is 1. The molecule has 0 unspecified atom stereocenters. The van der Waals surface area contributed by atoms with Crippen LogP contribution >= 0.6 is 0 Å². The zero-order valence-electron chi connectivity index (χ0n) is 10.3. The van der Waals surface area contributed by atoms with Crippen LogP contribution in [0.3, 0.4) is 0 Å². The summed E-state index contributed by atoms with van der Waals surface area (Å²) in [5.41, 5.74) is 1.03. The molecule has 0 spiro atoms. The molecule has 1 aromatic carbocycles. The number of rotatable bonds is 3. The Morgan fingerprint density at radius 3 is 2.59 bits per heavy atom. The molecule has 92 valence electrons. The third-order valence-electron chi connectivity index (χ3n) is 3.37. The molecule has 0 aromatic heterocycles. The van der Waals surface area contributed by atoms with E-state index in [1.54, 1.807) is 4.90 Å². The van der Waals surface area contributed by atoms with E-state index in [1.165, 1.54) is 12.8 Å². The lowest BCUT2D eigenvalue weighted by molar-refractivity contribution is 0.0918. The number of amides is 1. The first-order chi connectivity index (χ1) is 8.27. The number of carbonyl (C=O) groups excluding carboxylic acids is 1. The molecule has 17 heavy (non-hydrogen) atoms. The summed E-state index contributed by atoms with van der Waals surface area (Å²) in [4.78, 5) is 13.6. The maximum absolute atomic E-state index is 11.8. The van der Waals surface area contributed by atoms with E-state index in [0.717, 1.165) is 18.4 Å². The molecular formula is C14H19NO2. The van der Waals surface area contributed by atoms with Crippen molar-refractivity contribution in [3.8, 4) is 0 Å². The fourth-order valence-electron chi connectivity index (χ4n) is 2.26. The number of ether oxygens (including phenoxy) is 1. The molecule has 0 atom stereocenters. The summed E-state index contributed by atoms with van der Waals surface area (Å²) in [6, 6.07) is 10.1. The van der Waals surface area contributed by atoms with Gasteiger partial charge in [0.1, 0.15) is 6.61 Å². The molecule has 1 aliphatic rings. The van der Waals surface area contributed by atoms with Gasteiger partial charge in [0.25, 0.3) is 0 Å². The molecule has 1 saturated carbocycles. The first-order valence-electron chi connectivity index (χ1n) is 6.21. The maximum atomic E-state index is 11.8. The van der Waals surface area contributed by atoms with Gasteiger partial charge >= 0.3 is 6.09 Å². The van der Waals surface area contributed by atoms with E-state index in [4.69, 9.17) is 4.74 Å². The zero-order valence-corrected chi connectivity index (χ0v) is 10.3. The van der Waals surface area contributed by atoms with Crippen LogP contribution in [-0.2, 0) is 11.3 Å². The van der Waals surface area contributed by atoms with Crippen molar-refractivity contribution in [2.45, 2.75) is 38.3 Å². The lowest BCUT2D eigenvalue weighted by atomic mass is 10.2. The second-order valence-electron chi connectivity index (χ2n) is 4.59. The minimum absolute atomic E-state index is 0.208. The van der Waals surface area contributed by atoms with Crippen molar-refractivity contribution in [1.82, 2.24) is 4.90 Å². The van der Waals surface area contributed by atoms with Gasteiger partial charge in [-0.25, -0.2) is 4.79 Å². The Balaban J connectivity index is 1.80. The second-order valence-corrected chi connectivity index (χ2v) is 4.59. The van der Waals surface area contributed by atoms with Crippen molar-refractivity contribution in [2.24, 2.45) is 0 Å². The maximum Gasteiger partial charge on any atom is 0.410 e. The van der Waals surface area contributed by atoms with E-state index >= 15 is 0 Å². The highest BCUT2D eigenvalue weighted by Crippen LogP contribution is 2.22. The molecule has 0 heterocycles. The third-order valence-corrected chi connectivity index (χ3v) is 3.37. The van der Waals surface area contributed by atoms with E-state index in [1.807, 2.05) is 37.4 Å². The smallest absolute Gasteiger partial charge is 0.410 e. The van der Waals surface area contributed by atoms with E-state index in [-0.39, 0.29) is 6.09 Å². The highest BCUT2D eigenvalue weighted by Gasteiger charge is 2.24. The molecule has 0 aliphatic heterocycles. The summed E-state index contributed by atoms with van der Waals surface area (Å²) in [6.07, 6.45) is 4.45. The Morgan fingerprint density at radius 2 is 1.94 bits per heavy atom. The first-order valence-corrected chi connectivity index (χ1v) is 6.21. The molecule has 1 fully saturated rings. The molecule has 1 aliphatic carbocycles. The predicted octanol–water partition coefficient (Wildman–Crippen LogP) is 3.20. The number of hydrogen-bond donors (Lipinski definition) is 0. The molecule has 1 aromatic rings. The van der Waals surface area contributed by atoms with Crippen LogP contribution in [-0.4, -0.2) is 24.1 Å². The van der Waals surface area contributed by atoms with Gasteiger partial charge < -0.3 is 9.64 Å². The zero-order chi connectivity index (χ0) is 12.1. The van der Waals surface area contributed by atoms with E-state index in [0.29, 0.717) is 12.6 Å². The predicted molar refractivity (Wildman–Crippen MR) is 66.6 cm³/mol. The van der Waals surface area contributed by atoms with Crippen LogP contribution in [0, 0.1) is 0 Å². The van der Waals surface area contributed by atoms with Crippen molar-refractivity contribution < 1.29 is 9.53 Å². The lowest BCUT2D eigenvalue weighted by Gasteiger charge is -2.23. The lowest BCUT2D eigenvalue weighted by Crippen LogP contribution is -2.35. The van der Waals surface area contributed by atoms with Gasteiger partial charge in [-0.05, 0) is 18.4 Å².